The average molecular weight is 572 g/mol. The minimum atomic E-state index is -2.83. The van der Waals surface area contributed by atoms with E-state index in [1.807, 2.05) is 35.9 Å². The molecule has 9 heteroatoms. The molecule has 2 aromatic rings. The van der Waals surface area contributed by atoms with Gasteiger partial charge in [0.2, 0.25) is 5.91 Å². The Bertz CT molecular complexity index is 908. The Morgan fingerprint density at radius 2 is 1.76 bits per heavy atom. The standard InChI is InChI=1S/C24H30F2N4O2.HI/c1-3-27-24(29(2)16-19-10-12-21(13-11-19)32-23(25)26)28-15-18-6-8-20(9-7-18)17-30-14-4-5-22(30)31;/h6-13,23H,3-5,14-17H2,1-2H3,(H,27,28);1H. The minimum absolute atomic E-state index is 0. The molecule has 0 aromatic heterocycles. The van der Waals surface area contributed by atoms with Crippen molar-refractivity contribution in [3.63, 3.8) is 0 Å². The molecule has 1 amide bonds. The lowest BCUT2D eigenvalue weighted by atomic mass is 10.1. The van der Waals surface area contributed by atoms with Crippen LogP contribution in [0.15, 0.2) is 53.5 Å². The molecule has 0 spiro atoms. The van der Waals surface area contributed by atoms with E-state index in [1.54, 1.807) is 12.1 Å². The minimum Gasteiger partial charge on any atom is -0.435 e. The van der Waals surface area contributed by atoms with Crippen LogP contribution in [0.25, 0.3) is 0 Å². The number of nitrogens with zero attached hydrogens (tertiary/aromatic N) is 3. The zero-order valence-corrected chi connectivity index (χ0v) is 21.3. The van der Waals surface area contributed by atoms with E-state index in [9.17, 15) is 13.6 Å². The van der Waals surface area contributed by atoms with E-state index < -0.39 is 6.61 Å². The summed E-state index contributed by atoms with van der Waals surface area (Å²) < 4.78 is 29.0. The highest BCUT2D eigenvalue weighted by Crippen LogP contribution is 2.17. The molecule has 1 heterocycles. The molecule has 1 saturated heterocycles. The number of halogens is 3. The quantitative estimate of drug-likeness (QED) is 0.271. The van der Waals surface area contributed by atoms with Gasteiger partial charge in [-0.2, -0.15) is 8.78 Å². The summed E-state index contributed by atoms with van der Waals surface area (Å²) in [5, 5.41) is 3.28. The van der Waals surface area contributed by atoms with Gasteiger partial charge in [0.25, 0.3) is 0 Å². The first kappa shape index (κ1) is 26.8. The van der Waals surface area contributed by atoms with Gasteiger partial charge in [0.05, 0.1) is 6.54 Å². The molecule has 180 valence electrons. The third-order valence-electron chi connectivity index (χ3n) is 5.24. The number of hydrogen-bond acceptors (Lipinski definition) is 3. The number of benzene rings is 2. The van der Waals surface area contributed by atoms with E-state index in [4.69, 9.17) is 4.99 Å². The van der Waals surface area contributed by atoms with Crippen LogP contribution in [0.5, 0.6) is 5.75 Å². The fraction of sp³-hybridized carbons (Fsp3) is 0.417. The van der Waals surface area contributed by atoms with Crippen molar-refractivity contribution in [3.8, 4) is 5.75 Å². The summed E-state index contributed by atoms with van der Waals surface area (Å²) in [6.45, 7) is 2.51. The van der Waals surface area contributed by atoms with Gasteiger partial charge < -0.3 is 19.9 Å². The average Bonchev–Trinajstić information content (AvgIpc) is 3.17. The Morgan fingerprint density at radius 3 is 2.33 bits per heavy atom. The van der Waals surface area contributed by atoms with E-state index in [0.29, 0.717) is 26.1 Å². The van der Waals surface area contributed by atoms with Crippen LogP contribution in [-0.4, -0.2) is 48.4 Å². The predicted octanol–water partition coefficient (Wildman–Crippen LogP) is 4.63. The first-order chi connectivity index (χ1) is 15.4. The molecule has 0 radical (unpaired) electrons. The van der Waals surface area contributed by atoms with Crippen LogP contribution >= 0.6 is 24.0 Å². The lowest BCUT2D eigenvalue weighted by Crippen LogP contribution is -2.38. The second-order valence-electron chi connectivity index (χ2n) is 7.78. The number of carbonyl (C=O) groups is 1. The number of nitrogens with one attached hydrogen (secondary N) is 1. The predicted molar refractivity (Wildman–Crippen MR) is 136 cm³/mol. The summed E-state index contributed by atoms with van der Waals surface area (Å²) in [5.74, 6) is 1.13. The third kappa shape index (κ3) is 8.45. The molecule has 2 aromatic carbocycles. The van der Waals surface area contributed by atoms with Crippen molar-refractivity contribution < 1.29 is 18.3 Å². The van der Waals surface area contributed by atoms with Crippen molar-refractivity contribution in [2.45, 2.75) is 46.0 Å². The third-order valence-corrected chi connectivity index (χ3v) is 5.24. The number of alkyl halides is 2. The van der Waals surface area contributed by atoms with Gasteiger partial charge >= 0.3 is 6.61 Å². The first-order valence-corrected chi connectivity index (χ1v) is 10.8. The molecule has 1 aliphatic rings. The molecule has 0 atom stereocenters. The zero-order chi connectivity index (χ0) is 22.9. The van der Waals surface area contributed by atoms with Gasteiger partial charge in [0.15, 0.2) is 5.96 Å². The largest absolute Gasteiger partial charge is 0.435 e. The molecular weight excluding hydrogens is 541 g/mol. The zero-order valence-electron chi connectivity index (χ0n) is 19.0. The highest BCUT2D eigenvalue weighted by Gasteiger charge is 2.19. The van der Waals surface area contributed by atoms with Gasteiger partial charge in [-0.3, -0.25) is 4.79 Å². The Morgan fingerprint density at radius 1 is 1.12 bits per heavy atom. The van der Waals surface area contributed by atoms with E-state index in [1.165, 1.54) is 12.1 Å². The highest BCUT2D eigenvalue weighted by atomic mass is 127. The molecule has 3 rings (SSSR count). The molecule has 1 N–H and O–H groups in total. The maximum atomic E-state index is 12.3. The molecule has 6 nitrogen and oxygen atoms in total. The lowest BCUT2D eigenvalue weighted by Gasteiger charge is -2.22. The van der Waals surface area contributed by atoms with Crippen LogP contribution in [0.3, 0.4) is 0 Å². The van der Waals surface area contributed by atoms with Gasteiger partial charge in [-0.25, -0.2) is 4.99 Å². The summed E-state index contributed by atoms with van der Waals surface area (Å²) >= 11 is 0. The molecule has 0 unspecified atom stereocenters. The number of aliphatic imine (C=N–C) groups is 1. The second-order valence-corrected chi connectivity index (χ2v) is 7.78. The van der Waals surface area contributed by atoms with Crippen molar-refractivity contribution in [2.75, 3.05) is 20.1 Å². The van der Waals surface area contributed by atoms with Gasteiger partial charge in [0.1, 0.15) is 5.75 Å². The summed E-state index contributed by atoms with van der Waals surface area (Å²) in [6.07, 6.45) is 1.60. The molecule has 1 fully saturated rings. The van der Waals surface area contributed by atoms with Crippen LogP contribution in [0.2, 0.25) is 0 Å². The van der Waals surface area contributed by atoms with Gasteiger partial charge in [-0.15, -0.1) is 24.0 Å². The Labute approximate surface area is 211 Å². The molecule has 0 bridgehead atoms. The Kier molecular flexibility index (Phi) is 10.8. The Hall–Kier alpha value is -2.43. The van der Waals surface area contributed by atoms with E-state index >= 15 is 0 Å². The van der Waals surface area contributed by atoms with Gasteiger partial charge in [-0.1, -0.05) is 36.4 Å². The van der Waals surface area contributed by atoms with Crippen molar-refractivity contribution in [2.24, 2.45) is 4.99 Å². The topological polar surface area (TPSA) is 57.2 Å². The van der Waals surface area contributed by atoms with Crippen LogP contribution in [0.1, 0.15) is 36.5 Å². The van der Waals surface area contributed by atoms with Crippen molar-refractivity contribution >= 4 is 35.8 Å². The molecule has 0 aliphatic carbocycles. The number of hydrogen-bond donors (Lipinski definition) is 1. The SMILES string of the molecule is CCNC(=NCc1ccc(CN2CCCC2=O)cc1)N(C)Cc1ccc(OC(F)F)cc1.I. The van der Waals surface area contributed by atoms with Crippen LogP contribution < -0.4 is 10.1 Å². The maximum Gasteiger partial charge on any atom is 0.387 e. The Balaban J connectivity index is 0.00000385. The van der Waals surface area contributed by atoms with E-state index in [-0.39, 0.29) is 35.6 Å². The highest BCUT2D eigenvalue weighted by molar-refractivity contribution is 14.0. The van der Waals surface area contributed by atoms with E-state index in [0.717, 1.165) is 42.2 Å². The fourth-order valence-electron chi connectivity index (χ4n) is 3.60. The summed E-state index contributed by atoms with van der Waals surface area (Å²) in [6, 6.07) is 14.8. The number of amides is 1. The normalized spacial score (nSPS) is 13.8. The van der Waals surface area contributed by atoms with Crippen LogP contribution in [0.4, 0.5) is 8.78 Å². The van der Waals surface area contributed by atoms with Crippen molar-refractivity contribution in [1.29, 1.82) is 0 Å². The molecule has 0 saturated carbocycles. The van der Waals surface area contributed by atoms with E-state index in [2.05, 4.69) is 22.2 Å². The van der Waals surface area contributed by atoms with Crippen LogP contribution in [-0.2, 0) is 24.4 Å². The second kappa shape index (κ2) is 13.3. The van der Waals surface area contributed by atoms with Gasteiger partial charge in [0, 0.05) is 39.6 Å². The summed E-state index contributed by atoms with van der Waals surface area (Å²) in [5.41, 5.74) is 3.16. The summed E-state index contributed by atoms with van der Waals surface area (Å²) in [4.78, 5) is 20.4. The molecule has 33 heavy (non-hydrogen) atoms. The van der Waals surface area contributed by atoms with Crippen LogP contribution in [0, 0.1) is 0 Å². The fourth-order valence-corrected chi connectivity index (χ4v) is 3.60. The lowest BCUT2D eigenvalue weighted by molar-refractivity contribution is -0.128. The maximum absolute atomic E-state index is 12.3. The number of likely N-dealkylation sites (tertiary alicyclic amines) is 1. The number of guanidine groups is 1. The number of ether oxygens (including phenoxy) is 1. The number of carbonyl (C=O) groups excluding carboxylic acids is 1. The van der Waals surface area contributed by atoms with Gasteiger partial charge in [-0.05, 0) is 42.2 Å². The smallest absolute Gasteiger partial charge is 0.387 e. The molecule has 1 aliphatic heterocycles. The molecular formula is C24H31F2IN4O2. The first-order valence-electron chi connectivity index (χ1n) is 10.8. The van der Waals surface area contributed by atoms with Crippen molar-refractivity contribution in [1.82, 2.24) is 15.1 Å². The number of rotatable bonds is 9. The monoisotopic (exact) mass is 572 g/mol. The van der Waals surface area contributed by atoms with Crippen molar-refractivity contribution in [3.05, 3.63) is 65.2 Å². The summed E-state index contributed by atoms with van der Waals surface area (Å²) in [7, 11) is 1.93.